The molecule has 27 heavy (non-hydrogen) atoms. The Morgan fingerprint density at radius 2 is 1.85 bits per heavy atom. The van der Waals surface area contributed by atoms with Gasteiger partial charge >= 0.3 is 5.97 Å². The lowest BCUT2D eigenvalue weighted by molar-refractivity contribution is -0.155. The van der Waals surface area contributed by atoms with Gasteiger partial charge in [0.1, 0.15) is 0 Å². The minimum atomic E-state index is -0.529. The molecular weight excluding hydrogens is 358 g/mol. The van der Waals surface area contributed by atoms with E-state index in [1.807, 2.05) is 50.2 Å². The highest BCUT2D eigenvalue weighted by Gasteiger charge is 2.33. The topological polar surface area (TPSA) is 38.3 Å². The van der Waals surface area contributed by atoms with E-state index in [2.05, 4.69) is 24.4 Å². The average molecular weight is 388 g/mol. The van der Waals surface area contributed by atoms with Gasteiger partial charge in [-0.1, -0.05) is 68.3 Å². The molecule has 2 rings (SSSR count). The largest absolute Gasteiger partial charge is 0.465 e. The van der Waals surface area contributed by atoms with Crippen LogP contribution in [0.1, 0.15) is 51.2 Å². The van der Waals surface area contributed by atoms with Crippen LogP contribution in [0.3, 0.4) is 0 Å². The predicted molar refractivity (Wildman–Crippen MR) is 113 cm³/mol. The van der Waals surface area contributed by atoms with Crippen LogP contribution in [-0.2, 0) is 22.5 Å². The Bertz CT molecular complexity index is 732. The Balaban J connectivity index is 2.07. The molecule has 1 atom stereocenters. The van der Waals surface area contributed by atoms with Gasteiger partial charge < -0.3 is 10.1 Å². The molecule has 1 unspecified atom stereocenters. The average Bonchev–Trinajstić information content (AvgIpc) is 2.69. The maximum Gasteiger partial charge on any atom is 0.312 e. The van der Waals surface area contributed by atoms with Crippen LogP contribution >= 0.6 is 11.6 Å². The molecule has 0 amide bonds. The van der Waals surface area contributed by atoms with Gasteiger partial charge in [-0.15, -0.1) is 0 Å². The number of carbonyl (C=O) groups excluding carboxylic acids is 1. The predicted octanol–water partition coefficient (Wildman–Crippen LogP) is 6.25. The van der Waals surface area contributed by atoms with Crippen LogP contribution in [0.25, 0.3) is 0 Å². The van der Waals surface area contributed by atoms with E-state index in [1.54, 1.807) is 0 Å². The van der Waals surface area contributed by atoms with Crippen molar-refractivity contribution in [1.29, 1.82) is 0 Å². The van der Waals surface area contributed by atoms with Gasteiger partial charge in [-0.3, -0.25) is 4.79 Å². The van der Waals surface area contributed by atoms with Gasteiger partial charge in [-0.2, -0.15) is 0 Å². The quantitative estimate of drug-likeness (QED) is 0.386. The van der Waals surface area contributed by atoms with Crippen LogP contribution in [-0.4, -0.2) is 12.6 Å². The molecule has 0 fully saturated rings. The summed E-state index contributed by atoms with van der Waals surface area (Å²) < 4.78 is 5.49. The van der Waals surface area contributed by atoms with Crippen LogP contribution in [0.5, 0.6) is 0 Å². The molecule has 2 aromatic carbocycles. The standard InChI is InChI=1S/C23H30ClNO2/c1-4-6-14-27-22(26)23(3,5-2)16-19-12-13-20(24)21(15-19)25-17-18-10-8-7-9-11-18/h7-13,15,25H,4-6,14,16-17H2,1-3H3. The van der Waals surface area contributed by atoms with Crippen molar-refractivity contribution in [2.24, 2.45) is 5.41 Å². The molecule has 4 heteroatoms. The van der Waals surface area contributed by atoms with Crippen molar-refractivity contribution >= 4 is 23.3 Å². The fourth-order valence-electron chi connectivity index (χ4n) is 2.89. The number of carbonyl (C=O) groups is 1. The fraction of sp³-hybridized carbons (Fsp3) is 0.435. The number of nitrogens with one attached hydrogen (secondary N) is 1. The number of rotatable bonds is 10. The minimum Gasteiger partial charge on any atom is -0.465 e. The van der Waals surface area contributed by atoms with E-state index in [0.29, 0.717) is 24.6 Å². The molecule has 3 nitrogen and oxygen atoms in total. The second-order valence-corrected chi connectivity index (χ2v) is 7.64. The van der Waals surface area contributed by atoms with Gasteiger partial charge in [0.2, 0.25) is 0 Å². The Morgan fingerprint density at radius 1 is 1.11 bits per heavy atom. The second kappa shape index (κ2) is 10.4. The Hall–Kier alpha value is -2.00. The molecule has 0 aliphatic rings. The van der Waals surface area contributed by atoms with Crippen LogP contribution in [0.2, 0.25) is 5.02 Å². The highest BCUT2D eigenvalue weighted by atomic mass is 35.5. The smallest absolute Gasteiger partial charge is 0.312 e. The van der Waals surface area contributed by atoms with Gasteiger partial charge in [0.15, 0.2) is 0 Å². The van der Waals surface area contributed by atoms with E-state index >= 15 is 0 Å². The number of hydrogen-bond acceptors (Lipinski definition) is 3. The lowest BCUT2D eigenvalue weighted by Gasteiger charge is -2.26. The van der Waals surface area contributed by atoms with Crippen LogP contribution in [0.4, 0.5) is 5.69 Å². The summed E-state index contributed by atoms with van der Waals surface area (Å²) in [6.45, 7) is 7.30. The summed E-state index contributed by atoms with van der Waals surface area (Å²) in [6.07, 6.45) is 3.28. The summed E-state index contributed by atoms with van der Waals surface area (Å²) >= 11 is 6.36. The Kier molecular flexibility index (Phi) is 8.18. The zero-order valence-corrected chi connectivity index (χ0v) is 17.3. The highest BCUT2D eigenvalue weighted by molar-refractivity contribution is 6.33. The first-order valence-corrected chi connectivity index (χ1v) is 10.1. The molecule has 146 valence electrons. The fourth-order valence-corrected chi connectivity index (χ4v) is 3.07. The first kappa shape index (κ1) is 21.3. The number of halogens is 1. The zero-order valence-electron chi connectivity index (χ0n) is 16.6. The number of benzene rings is 2. The number of unbranched alkanes of at least 4 members (excludes halogenated alkanes) is 1. The Labute approximate surface area is 168 Å². The van der Waals surface area contributed by atoms with Gasteiger partial charge in [-0.25, -0.2) is 0 Å². The van der Waals surface area contributed by atoms with Gasteiger partial charge in [0, 0.05) is 6.54 Å². The third-order valence-electron chi connectivity index (χ3n) is 4.96. The number of anilines is 1. The van der Waals surface area contributed by atoms with E-state index in [0.717, 1.165) is 30.5 Å². The van der Waals surface area contributed by atoms with Crippen molar-refractivity contribution in [1.82, 2.24) is 0 Å². The molecule has 0 aromatic heterocycles. The van der Waals surface area contributed by atoms with Crippen LogP contribution in [0, 0.1) is 5.41 Å². The number of esters is 1. The molecule has 0 radical (unpaired) electrons. The normalized spacial score (nSPS) is 13.0. The van der Waals surface area contributed by atoms with E-state index in [-0.39, 0.29) is 5.97 Å². The highest BCUT2D eigenvalue weighted by Crippen LogP contribution is 2.31. The molecule has 0 heterocycles. The first-order valence-electron chi connectivity index (χ1n) is 9.72. The second-order valence-electron chi connectivity index (χ2n) is 7.23. The third kappa shape index (κ3) is 6.28. The van der Waals surface area contributed by atoms with Crippen LogP contribution in [0.15, 0.2) is 48.5 Å². The van der Waals surface area contributed by atoms with E-state index in [9.17, 15) is 4.79 Å². The van der Waals surface area contributed by atoms with Crippen molar-refractivity contribution in [2.75, 3.05) is 11.9 Å². The molecule has 0 spiro atoms. The summed E-state index contributed by atoms with van der Waals surface area (Å²) in [7, 11) is 0. The third-order valence-corrected chi connectivity index (χ3v) is 5.28. The summed E-state index contributed by atoms with van der Waals surface area (Å²) in [6, 6.07) is 16.1. The maximum atomic E-state index is 12.6. The van der Waals surface area contributed by atoms with Crippen LogP contribution < -0.4 is 5.32 Å². The van der Waals surface area contributed by atoms with Crippen molar-refractivity contribution in [3.8, 4) is 0 Å². The summed E-state index contributed by atoms with van der Waals surface area (Å²) in [5, 5.41) is 4.08. The molecule has 0 bridgehead atoms. The van der Waals surface area contributed by atoms with Gasteiger partial charge in [0.25, 0.3) is 0 Å². The molecule has 1 N–H and O–H groups in total. The lowest BCUT2D eigenvalue weighted by Crippen LogP contribution is -2.32. The van der Waals surface area contributed by atoms with Crippen molar-refractivity contribution in [2.45, 2.75) is 53.0 Å². The van der Waals surface area contributed by atoms with E-state index in [1.165, 1.54) is 5.56 Å². The molecule has 0 aliphatic carbocycles. The Morgan fingerprint density at radius 3 is 2.52 bits per heavy atom. The monoisotopic (exact) mass is 387 g/mol. The first-order chi connectivity index (χ1) is 13.0. The number of hydrogen-bond donors (Lipinski definition) is 1. The number of ether oxygens (including phenoxy) is 1. The molecule has 0 aliphatic heterocycles. The molecule has 0 saturated heterocycles. The molecule has 2 aromatic rings. The van der Waals surface area contributed by atoms with Crippen molar-refractivity contribution in [3.05, 3.63) is 64.7 Å². The maximum absolute atomic E-state index is 12.6. The van der Waals surface area contributed by atoms with Gasteiger partial charge in [-0.05, 0) is 49.4 Å². The lowest BCUT2D eigenvalue weighted by atomic mass is 9.81. The zero-order chi connectivity index (χ0) is 19.7. The van der Waals surface area contributed by atoms with E-state index < -0.39 is 5.41 Å². The summed E-state index contributed by atoms with van der Waals surface area (Å²) in [5.41, 5.74) is 2.62. The van der Waals surface area contributed by atoms with E-state index in [4.69, 9.17) is 16.3 Å². The molecule has 0 saturated carbocycles. The summed E-state index contributed by atoms with van der Waals surface area (Å²) in [5.74, 6) is -0.118. The van der Waals surface area contributed by atoms with Gasteiger partial charge in [0.05, 0.1) is 22.7 Å². The van der Waals surface area contributed by atoms with Crippen molar-refractivity contribution in [3.63, 3.8) is 0 Å². The SMILES string of the molecule is CCCCOC(=O)C(C)(CC)Cc1ccc(Cl)c(NCc2ccccc2)c1. The van der Waals surface area contributed by atoms with Crippen molar-refractivity contribution < 1.29 is 9.53 Å². The minimum absolute atomic E-state index is 0.118. The molecular formula is C23H30ClNO2. The summed E-state index contributed by atoms with van der Waals surface area (Å²) in [4.78, 5) is 12.6.